The number of carbonyl (C=O) groups excluding carboxylic acids is 1. The summed E-state index contributed by atoms with van der Waals surface area (Å²) >= 11 is 0. The van der Waals surface area contributed by atoms with Crippen molar-refractivity contribution in [2.24, 2.45) is 11.8 Å². The Bertz CT molecular complexity index is 544. The Morgan fingerprint density at radius 3 is 2.67 bits per heavy atom. The molecule has 1 aliphatic heterocycles. The molecule has 1 aromatic rings. The maximum Gasteiger partial charge on any atom is 0.225 e. The number of hydrogen-bond acceptors (Lipinski definition) is 5. The maximum absolute atomic E-state index is 12.6. The first-order valence-electron chi connectivity index (χ1n) is 8.93. The van der Waals surface area contributed by atoms with E-state index in [0.717, 1.165) is 37.2 Å². The molecule has 1 fully saturated rings. The molecule has 6 heteroatoms. The first-order valence-corrected chi connectivity index (χ1v) is 8.93. The number of aliphatic hydroxyl groups is 1. The highest BCUT2D eigenvalue weighted by Crippen LogP contribution is 2.21. The smallest absolute Gasteiger partial charge is 0.225 e. The minimum absolute atomic E-state index is 0.0165. The molecule has 0 aromatic carbocycles. The molecule has 0 bridgehead atoms. The average molecular weight is 334 g/mol. The number of aromatic nitrogens is 2. The predicted molar refractivity (Wildman–Crippen MR) is 94.9 cm³/mol. The number of carbonyl (C=O) groups is 1. The van der Waals surface area contributed by atoms with Crippen LogP contribution < -0.4 is 10.2 Å². The first kappa shape index (κ1) is 18.6. The van der Waals surface area contributed by atoms with Gasteiger partial charge in [0.05, 0.1) is 18.6 Å². The molecule has 0 aliphatic carbocycles. The molecule has 1 aromatic heterocycles. The van der Waals surface area contributed by atoms with Crippen LogP contribution in [0.1, 0.15) is 44.5 Å². The van der Waals surface area contributed by atoms with Gasteiger partial charge in [-0.3, -0.25) is 4.79 Å². The molecule has 3 atom stereocenters. The Labute approximate surface area is 144 Å². The van der Waals surface area contributed by atoms with Gasteiger partial charge in [0.15, 0.2) is 0 Å². The van der Waals surface area contributed by atoms with Crippen molar-refractivity contribution in [3.05, 3.63) is 17.5 Å². The van der Waals surface area contributed by atoms with Crippen LogP contribution >= 0.6 is 0 Å². The van der Waals surface area contributed by atoms with Crippen LogP contribution in [0.5, 0.6) is 0 Å². The third-order valence-electron chi connectivity index (χ3n) is 4.90. The van der Waals surface area contributed by atoms with Crippen LogP contribution in [0.25, 0.3) is 0 Å². The highest BCUT2D eigenvalue weighted by Gasteiger charge is 2.29. The topological polar surface area (TPSA) is 78.4 Å². The van der Waals surface area contributed by atoms with Crippen molar-refractivity contribution < 1.29 is 9.90 Å². The lowest BCUT2D eigenvalue weighted by Crippen LogP contribution is -2.49. The van der Waals surface area contributed by atoms with Gasteiger partial charge in [-0.05, 0) is 38.7 Å². The zero-order valence-corrected chi connectivity index (χ0v) is 15.2. The molecule has 0 saturated carbocycles. The van der Waals surface area contributed by atoms with Crippen LogP contribution in [0.2, 0.25) is 0 Å². The molecular weight excluding hydrogens is 304 g/mol. The molecule has 0 spiro atoms. The molecule has 24 heavy (non-hydrogen) atoms. The SMILES string of the molecule is CC[C@H](C)[C@@H](CO)NC(=O)[C@@H]1CCCN(c2nc(C)cc(C)n2)C1. The molecule has 6 nitrogen and oxygen atoms in total. The van der Waals surface area contributed by atoms with E-state index in [2.05, 4.69) is 34.0 Å². The van der Waals surface area contributed by atoms with Gasteiger partial charge in [-0.15, -0.1) is 0 Å². The van der Waals surface area contributed by atoms with Crippen LogP contribution in [0.15, 0.2) is 6.07 Å². The maximum atomic E-state index is 12.6. The van der Waals surface area contributed by atoms with Gasteiger partial charge in [0.2, 0.25) is 11.9 Å². The van der Waals surface area contributed by atoms with E-state index in [1.54, 1.807) is 0 Å². The van der Waals surface area contributed by atoms with E-state index >= 15 is 0 Å². The summed E-state index contributed by atoms with van der Waals surface area (Å²) in [6, 6.07) is 1.78. The molecule has 2 heterocycles. The van der Waals surface area contributed by atoms with Crippen molar-refractivity contribution in [2.75, 3.05) is 24.6 Å². The summed E-state index contributed by atoms with van der Waals surface area (Å²) in [5.41, 5.74) is 1.89. The summed E-state index contributed by atoms with van der Waals surface area (Å²) in [6.07, 6.45) is 2.74. The quantitative estimate of drug-likeness (QED) is 0.830. The Balaban J connectivity index is 2.03. The number of hydrogen-bond donors (Lipinski definition) is 2. The fraction of sp³-hybridized carbons (Fsp3) is 0.722. The van der Waals surface area contributed by atoms with Crippen LogP contribution in [-0.4, -0.2) is 46.7 Å². The van der Waals surface area contributed by atoms with Gasteiger partial charge in [0, 0.05) is 24.5 Å². The van der Waals surface area contributed by atoms with E-state index < -0.39 is 0 Å². The van der Waals surface area contributed by atoms with Crippen molar-refractivity contribution >= 4 is 11.9 Å². The molecule has 1 aliphatic rings. The van der Waals surface area contributed by atoms with Crippen LogP contribution in [0, 0.1) is 25.7 Å². The number of aryl methyl sites for hydroxylation is 2. The van der Waals surface area contributed by atoms with Crippen molar-refractivity contribution in [1.29, 1.82) is 0 Å². The lowest BCUT2D eigenvalue weighted by molar-refractivity contribution is -0.126. The minimum Gasteiger partial charge on any atom is -0.394 e. The summed E-state index contributed by atoms with van der Waals surface area (Å²) in [4.78, 5) is 23.7. The molecule has 2 N–H and O–H groups in total. The zero-order chi connectivity index (χ0) is 17.7. The average Bonchev–Trinajstić information content (AvgIpc) is 2.58. The molecule has 1 saturated heterocycles. The highest BCUT2D eigenvalue weighted by atomic mass is 16.3. The second kappa shape index (κ2) is 8.42. The number of piperidine rings is 1. The summed E-state index contributed by atoms with van der Waals surface area (Å²) in [5, 5.41) is 12.5. The lowest BCUT2D eigenvalue weighted by Gasteiger charge is -2.33. The molecule has 2 rings (SSSR count). The predicted octanol–water partition coefficient (Wildman–Crippen LogP) is 1.83. The van der Waals surface area contributed by atoms with Crippen LogP contribution in [0.3, 0.4) is 0 Å². The highest BCUT2D eigenvalue weighted by molar-refractivity contribution is 5.79. The second-order valence-corrected chi connectivity index (χ2v) is 6.92. The van der Waals surface area contributed by atoms with Gasteiger partial charge < -0.3 is 15.3 Å². The van der Waals surface area contributed by atoms with Crippen molar-refractivity contribution in [2.45, 2.75) is 53.0 Å². The number of amides is 1. The minimum atomic E-state index is -0.171. The number of anilines is 1. The van der Waals surface area contributed by atoms with E-state index in [1.165, 1.54) is 0 Å². The van der Waals surface area contributed by atoms with E-state index in [0.29, 0.717) is 12.5 Å². The normalized spacial score (nSPS) is 20.5. The summed E-state index contributed by atoms with van der Waals surface area (Å²) in [5.74, 6) is 0.928. The molecular formula is C18H30N4O2. The Kier molecular flexibility index (Phi) is 6.54. The van der Waals surface area contributed by atoms with E-state index in [-0.39, 0.29) is 30.4 Å². The van der Waals surface area contributed by atoms with Crippen molar-refractivity contribution in [3.63, 3.8) is 0 Å². The Morgan fingerprint density at radius 1 is 1.42 bits per heavy atom. The third kappa shape index (κ3) is 4.66. The number of nitrogens with one attached hydrogen (secondary N) is 1. The van der Waals surface area contributed by atoms with Gasteiger partial charge >= 0.3 is 0 Å². The molecule has 0 unspecified atom stereocenters. The summed E-state index contributed by atoms with van der Waals surface area (Å²) < 4.78 is 0. The van der Waals surface area contributed by atoms with Crippen LogP contribution in [0.4, 0.5) is 5.95 Å². The Hall–Kier alpha value is -1.69. The van der Waals surface area contributed by atoms with E-state index in [1.807, 2.05) is 19.9 Å². The lowest BCUT2D eigenvalue weighted by atomic mass is 9.95. The number of aliphatic hydroxyl groups excluding tert-OH is 1. The van der Waals surface area contributed by atoms with Gasteiger partial charge in [0.25, 0.3) is 0 Å². The molecule has 1 amide bonds. The summed E-state index contributed by atoms with van der Waals surface area (Å²) in [7, 11) is 0. The van der Waals surface area contributed by atoms with Gasteiger partial charge in [-0.1, -0.05) is 20.3 Å². The largest absolute Gasteiger partial charge is 0.394 e. The number of rotatable bonds is 6. The van der Waals surface area contributed by atoms with Crippen molar-refractivity contribution in [3.8, 4) is 0 Å². The fourth-order valence-corrected chi connectivity index (χ4v) is 3.17. The van der Waals surface area contributed by atoms with E-state index in [9.17, 15) is 9.90 Å². The Morgan fingerprint density at radius 2 is 2.08 bits per heavy atom. The molecule has 0 radical (unpaired) electrons. The standard InChI is InChI=1S/C18H30N4O2/c1-5-12(2)16(11-23)21-17(24)15-7-6-8-22(10-15)18-19-13(3)9-14(4)20-18/h9,12,15-16,23H,5-8,10-11H2,1-4H3,(H,21,24)/t12-,15+,16+/m0/s1. The zero-order valence-electron chi connectivity index (χ0n) is 15.2. The van der Waals surface area contributed by atoms with E-state index in [4.69, 9.17) is 0 Å². The van der Waals surface area contributed by atoms with Gasteiger partial charge in [-0.25, -0.2) is 9.97 Å². The van der Waals surface area contributed by atoms with Gasteiger partial charge in [0.1, 0.15) is 0 Å². The van der Waals surface area contributed by atoms with Crippen molar-refractivity contribution in [1.82, 2.24) is 15.3 Å². The molecule has 134 valence electrons. The number of nitrogens with zero attached hydrogens (tertiary/aromatic N) is 3. The first-order chi connectivity index (χ1) is 11.4. The summed E-state index contributed by atoms with van der Waals surface area (Å²) in [6.45, 7) is 9.54. The van der Waals surface area contributed by atoms with Gasteiger partial charge in [-0.2, -0.15) is 0 Å². The van der Waals surface area contributed by atoms with Crippen LogP contribution in [-0.2, 0) is 4.79 Å². The monoisotopic (exact) mass is 334 g/mol. The fourth-order valence-electron chi connectivity index (χ4n) is 3.17. The second-order valence-electron chi connectivity index (χ2n) is 6.92. The third-order valence-corrected chi connectivity index (χ3v) is 4.90.